The van der Waals surface area contributed by atoms with Gasteiger partial charge in [-0.15, -0.1) is 0 Å². The van der Waals surface area contributed by atoms with Gasteiger partial charge in [-0.05, 0) is 49.3 Å². The van der Waals surface area contributed by atoms with E-state index in [1.54, 1.807) is 6.92 Å². The van der Waals surface area contributed by atoms with Crippen LogP contribution in [0.4, 0.5) is 0 Å². The molecule has 1 aromatic rings. The summed E-state index contributed by atoms with van der Waals surface area (Å²) in [5, 5.41) is 2.73. The highest BCUT2D eigenvalue weighted by molar-refractivity contribution is 5.87. The molecule has 1 N–H and O–H groups in total. The van der Waals surface area contributed by atoms with Crippen molar-refractivity contribution in [2.75, 3.05) is 19.7 Å². The minimum atomic E-state index is -0.516. The van der Waals surface area contributed by atoms with Crippen molar-refractivity contribution in [1.82, 2.24) is 10.2 Å². The molecule has 0 radical (unpaired) electrons. The Morgan fingerprint density at radius 1 is 1.12 bits per heavy atom. The molecule has 1 heterocycles. The lowest BCUT2D eigenvalue weighted by Crippen LogP contribution is -2.49. The number of benzene rings is 1. The van der Waals surface area contributed by atoms with Crippen LogP contribution in [0.5, 0.6) is 5.75 Å². The Kier molecular flexibility index (Phi) is 6.45. The number of likely N-dealkylation sites (tertiary alicyclic amines) is 1. The normalized spacial score (nSPS) is 16.2. The van der Waals surface area contributed by atoms with E-state index < -0.39 is 6.04 Å². The van der Waals surface area contributed by atoms with Crippen LogP contribution in [-0.4, -0.2) is 42.5 Å². The number of hydrogen-bond donors (Lipinski definition) is 1. The molecule has 1 aliphatic heterocycles. The van der Waals surface area contributed by atoms with Crippen molar-refractivity contribution >= 4 is 11.8 Å². The maximum Gasteiger partial charge on any atom is 0.258 e. The molecular weight excluding hydrogens is 316 g/mol. The monoisotopic (exact) mass is 346 g/mol. The number of piperidine rings is 1. The van der Waals surface area contributed by atoms with Gasteiger partial charge in [-0.1, -0.05) is 32.9 Å². The number of hydrogen-bond acceptors (Lipinski definition) is 3. The van der Waals surface area contributed by atoms with E-state index in [2.05, 4.69) is 26.1 Å². The maximum atomic E-state index is 12.3. The van der Waals surface area contributed by atoms with E-state index in [9.17, 15) is 9.59 Å². The summed E-state index contributed by atoms with van der Waals surface area (Å²) in [7, 11) is 0. The fourth-order valence-electron chi connectivity index (χ4n) is 2.93. The second-order valence-corrected chi connectivity index (χ2v) is 7.74. The molecule has 1 atom stereocenters. The molecule has 5 heteroatoms. The standard InChI is InChI=1S/C20H30N2O3/c1-15(19(24)22-12-6-5-7-13-22)21-18(23)14-25-17-10-8-16(9-11-17)20(2,3)4/h8-11,15H,5-7,12-14H2,1-4H3,(H,21,23). The minimum absolute atomic E-state index is 0.0115. The minimum Gasteiger partial charge on any atom is -0.484 e. The van der Waals surface area contributed by atoms with E-state index in [0.717, 1.165) is 25.9 Å². The highest BCUT2D eigenvalue weighted by atomic mass is 16.5. The SMILES string of the molecule is CC(NC(=O)COc1ccc(C(C)(C)C)cc1)C(=O)N1CCCCC1. The van der Waals surface area contributed by atoms with Crippen LogP contribution in [0.2, 0.25) is 0 Å². The summed E-state index contributed by atoms with van der Waals surface area (Å²) >= 11 is 0. The molecule has 0 saturated carbocycles. The van der Waals surface area contributed by atoms with Gasteiger partial charge >= 0.3 is 0 Å². The van der Waals surface area contributed by atoms with Gasteiger partial charge in [0.05, 0.1) is 0 Å². The molecule has 1 unspecified atom stereocenters. The van der Waals surface area contributed by atoms with Gasteiger partial charge in [0.15, 0.2) is 6.61 Å². The van der Waals surface area contributed by atoms with Crippen LogP contribution in [-0.2, 0) is 15.0 Å². The predicted octanol–water partition coefficient (Wildman–Crippen LogP) is 2.88. The van der Waals surface area contributed by atoms with Crippen molar-refractivity contribution < 1.29 is 14.3 Å². The number of ether oxygens (including phenoxy) is 1. The summed E-state index contributed by atoms with van der Waals surface area (Å²) in [5.41, 5.74) is 1.30. The first-order valence-corrected chi connectivity index (χ1v) is 9.09. The molecule has 1 saturated heterocycles. The van der Waals surface area contributed by atoms with Gasteiger partial charge in [-0.25, -0.2) is 0 Å². The van der Waals surface area contributed by atoms with Crippen molar-refractivity contribution in [2.24, 2.45) is 0 Å². The van der Waals surface area contributed by atoms with Crippen LogP contribution in [0.25, 0.3) is 0 Å². The van der Waals surface area contributed by atoms with E-state index in [0.29, 0.717) is 5.75 Å². The van der Waals surface area contributed by atoms with Gasteiger partial charge in [0.1, 0.15) is 11.8 Å². The predicted molar refractivity (Wildman–Crippen MR) is 98.7 cm³/mol. The third-order valence-electron chi connectivity index (χ3n) is 4.51. The number of nitrogens with one attached hydrogen (secondary N) is 1. The summed E-state index contributed by atoms with van der Waals surface area (Å²) in [6.07, 6.45) is 3.26. The first-order valence-electron chi connectivity index (χ1n) is 9.09. The van der Waals surface area contributed by atoms with Crippen LogP contribution < -0.4 is 10.1 Å². The zero-order valence-electron chi connectivity index (χ0n) is 15.8. The van der Waals surface area contributed by atoms with Crippen molar-refractivity contribution in [3.05, 3.63) is 29.8 Å². The molecule has 0 spiro atoms. The van der Waals surface area contributed by atoms with Crippen molar-refractivity contribution in [1.29, 1.82) is 0 Å². The zero-order chi connectivity index (χ0) is 18.4. The molecule has 0 aromatic heterocycles. The quantitative estimate of drug-likeness (QED) is 0.892. The Balaban J connectivity index is 1.78. The zero-order valence-corrected chi connectivity index (χ0v) is 15.8. The molecule has 138 valence electrons. The molecule has 1 fully saturated rings. The van der Waals surface area contributed by atoms with Gasteiger partial charge in [-0.2, -0.15) is 0 Å². The second-order valence-electron chi connectivity index (χ2n) is 7.74. The summed E-state index contributed by atoms with van der Waals surface area (Å²) < 4.78 is 5.52. The lowest BCUT2D eigenvalue weighted by molar-refractivity contribution is -0.137. The van der Waals surface area contributed by atoms with Gasteiger partial charge in [0.2, 0.25) is 5.91 Å². The van der Waals surface area contributed by atoms with Crippen LogP contribution in [0.3, 0.4) is 0 Å². The fraction of sp³-hybridized carbons (Fsp3) is 0.600. The summed E-state index contributed by atoms with van der Waals surface area (Å²) in [5.74, 6) is 0.360. The van der Waals surface area contributed by atoms with Crippen LogP contribution in [0.15, 0.2) is 24.3 Å². The fourth-order valence-corrected chi connectivity index (χ4v) is 2.93. The molecule has 1 aliphatic rings. The summed E-state index contributed by atoms with van der Waals surface area (Å²) in [4.78, 5) is 26.2. The number of nitrogens with zero attached hydrogens (tertiary/aromatic N) is 1. The number of rotatable bonds is 5. The van der Waals surface area contributed by atoms with Crippen molar-refractivity contribution in [3.63, 3.8) is 0 Å². The van der Waals surface area contributed by atoms with Gasteiger partial charge in [-0.3, -0.25) is 9.59 Å². The van der Waals surface area contributed by atoms with Crippen molar-refractivity contribution in [2.45, 2.75) is 58.4 Å². The Hall–Kier alpha value is -2.04. The average molecular weight is 346 g/mol. The average Bonchev–Trinajstić information content (AvgIpc) is 2.59. The largest absolute Gasteiger partial charge is 0.484 e. The van der Waals surface area contributed by atoms with E-state index in [1.807, 2.05) is 29.2 Å². The lowest BCUT2D eigenvalue weighted by Gasteiger charge is -2.29. The lowest BCUT2D eigenvalue weighted by atomic mass is 9.87. The Morgan fingerprint density at radius 3 is 2.28 bits per heavy atom. The first-order chi connectivity index (χ1) is 11.8. The van der Waals surface area contributed by atoms with Crippen LogP contribution >= 0.6 is 0 Å². The Labute approximate surface area is 150 Å². The van der Waals surface area contributed by atoms with E-state index in [1.165, 1.54) is 12.0 Å². The van der Waals surface area contributed by atoms with Crippen LogP contribution in [0, 0.1) is 0 Å². The molecule has 5 nitrogen and oxygen atoms in total. The second kappa shape index (κ2) is 8.37. The van der Waals surface area contributed by atoms with E-state index in [4.69, 9.17) is 4.74 Å². The molecule has 0 bridgehead atoms. The topological polar surface area (TPSA) is 58.6 Å². The van der Waals surface area contributed by atoms with Crippen LogP contribution in [0.1, 0.15) is 52.5 Å². The van der Waals surface area contributed by atoms with Gasteiger partial charge in [0, 0.05) is 13.1 Å². The molecule has 25 heavy (non-hydrogen) atoms. The molecular formula is C20H30N2O3. The van der Waals surface area contributed by atoms with Gasteiger partial charge < -0.3 is 15.0 Å². The molecule has 1 aromatic carbocycles. The van der Waals surface area contributed by atoms with E-state index >= 15 is 0 Å². The summed E-state index contributed by atoms with van der Waals surface area (Å²) in [6, 6.07) is 7.25. The van der Waals surface area contributed by atoms with E-state index in [-0.39, 0.29) is 23.8 Å². The number of carbonyl (C=O) groups is 2. The molecule has 0 aliphatic carbocycles. The third-order valence-corrected chi connectivity index (χ3v) is 4.51. The maximum absolute atomic E-state index is 12.3. The number of amides is 2. The molecule has 2 rings (SSSR count). The first kappa shape index (κ1) is 19.3. The highest BCUT2D eigenvalue weighted by Crippen LogP contribution is 2.24. The number of carbonyl (C=O) groups excluding carboxylic acids is 2. The smallest absolute Gasteiger partial charge is 0.258 e. The highest BCUT2D eigenvalue weighted by Gasteiger charge is 2.23. The molecule has 2 amide bonds. The Bertz CT molecular complexity index is 584. The third kappa shape index (κ3) is 5.76. The van der Waals surface area contributed by atoms with Gasteiger partial charge in [0.25, 0.3) is 5.91 Å². The Morgan fingerprint density at radius 2 is 1.72 bits per heavy atom. The summed E-state index contributed by atoms with van der Waals surface area (Å²) in [6.45, 7) is 9.66. The van der Waals surface area contributed by atoms with Crippen molar-refractivity contribution in [3.8, 4) is 5.75 Å².